The normalized spacial score (nSPS) is 26.2. The zero-order chi connectivity index (χ0) is 13.1. The van der Waals surface area contributed by atoms with E-state index in [1.807, 2.05) is 18.7 Å². The van der Waals surface area contributed by atoms with E-state index in [-0.39, 0.29) is 6.04 Å². The summed E-state index contributed by atoms with van der Waals surface area (Å²) >= 11 is 0. The first-order valence-electron chi connectivity index (χ1n) is 7.12. The number of aromatic nitrogens is 2. The molecule has 1 aliphatic carbocycles. The third-order valence-corrected chi connectivity index (χ3v) is 4.41. The van der Waals surface area contributed by atoms with E-state index in [1.54, 1.807) is 0 Å². The number of nitrogens with one attached hydrogen (secondary N) is 1. The van der Waals surface area contributed by atoms with E-state index < -0.39 is 0 Å². The fourth-order valence-electron chi connectivity index (χ4n) is 3.39. The maximum atomic E-state index is 5.81. The number of hydrogen-bond acceptors (Lipinski definition) is 3. The van der Waals surface area contributed by atoms with Gasteiger partial charge in [-0.05, 0) is 37.7 Å². The van der Waals surface area contributed by atoms with Crippen molar-refractivity contribution in [1.82, 2.24) is 15.2 Å². The molecule has 0 aromatic carbocycles. The van der Waals surface area contributed by atoms with E-state index in [0.717, 1.165) is 11.6 Å². The molecule has 0 spiro atoms. The van der Waals surface area contributed by atoms with Crippen LogP contribution < -0.4 is 11.3 Å². The minimum atomic E-state index is 0.241. The maximum Gasteiger partial charge on any atom is 0.0657 e. The number of aryl methyl sites for hydroxylation is 2. The van der Waals surface area contributed by atoms with Crippen molar-refractivity contribution in [3.05, 3.63) is 17.5 Å². The first-order valence-corrected chi connectivity index (χ1v) is 7.12. The molecular formula is C14H26N4. The third kappa shape index (κ3) is 2.75. The molecule has 1 fully saturated rings. The topological polar surface area (TPSA) is 55.9 Å². The quantitative estimate of drug-likeness (QED) is 0.637. The molecule has 1 aromatic heterocycles. The van der Waals surface area contributed by atoms with E-state index in [0.29, 0.717) is 5.92 Å². The minimum absolute atomic E-state index is 0.241. The summed E-state index contributed by atoms with van der Waals surface area (Å²) in [6, 6.07) is 2.39. The van der Waals surface area contributed by atoms with E-state index in [1.165, 1.54) is 37.8 Å². The lowest BCUT2D eigenvalue weighted by Crippen LogP contribution is -2.37. The van der Waals surface area contributed by atoms with Crippen molar-refractivity contribution in [2.45, 2.75) is 52.0 Å². The summed E-state index contributed by atoms with van der Waals surface area (Å²) in [5.41, 5.74) is 5.31. The molecule has 2 rings (SSSR count). The maximum absolute atomic E-state index is 5.81. The molecular weight excluding hydrogens is 224 g/mol. The van der Waals surface area contributed by atoms with Gasteiger partial charge in [0.25, 0.3) is 0 Å². The minimum Gasteiger partial charge on any atom is -0.271 e. The Morgan fingerprint density at radius 3 is 2.89 bits per heavy atom. The predicted octanol–water partition coefficient (Wildman–Crippen LogP) is 2.45. The second-order valence-electron chi connectivity index (χ2n) is 5.68. The molecule has 0 aliphatic heterocycles. The second-order valence-corrected chi connectivity index (χ2v) is 5.68. The molecule has 0 amide bonds. The van der Waals surface area contributed by atoms with Crippen molar-refractivity contribution in [1.29, 1.82) is 0 Å². The molecule has 0 saturated heterocycles. The Balaban J connectivity index is 2.15. The van der Waals surface area contributed by atoms with E-state index >= 15 is 0 Å². The van der Waals surface area contributed by atoms with Gasteiger partial charge >= 0.3 is 0 Å². The molecule has 1 saturated carbocycles. The average molecular weight is 250 g/mol. The fraction of sp³-hybridized carbons (Fsp3) is 0.786. The van der Waals surface area contributed by atoms with Gasteiger partial charge in [-0.1, -0.05) is 26.2 Å². The van der Waals surface area contributed by atoms with Crippen LogP contribution in [0.1, 0.15) is 56.5 Å². The van der Waals surface area contributed by atoms with Gasteiger partial charge in [0.15, 0.2) is 0 Å². The zero-order valence-corrected chi connectivity index (χ0v) is 11.8. The monoisotopic (exact) mass is 250 g/mol. The Kier molecular flexibility index (Phi) is 4.40. The summed E-state index contributed by atoms with van der Waals surface area (Å²) in [5, 5.41) is 4.44. The van der Waals surface area contributed by atoms with Gasteiger partial charge in [-0.15, -0.1) is 0 Å². The van der Waals surface area contributed by atoms with Crippen LogP contribution in [-0.2, 0) is 7.05 Å². The van der Waals surface area contributed by atoms with Crippen LogP contribution in [0.3, 0.4) is 0 Å². The Morgan fingerprint density at radius 2 is 2.33 bits per heavy atom. The van der Waals surface area contributed by atoms with Crippen LogP contribution in [0, 0.1) is 18.8 Å². The molecule has 1 aromatic rings. The van der Waals surface area contributed by atoms with Crippen LogP contribution in [-0.4, -0.2) is 9.78 Å². The van der Waals surface area contributed by atoms with Gasteiger partial charge in [-0.2, -0.15) is 5.10 Å². The highest BCUT2D eigenvalue weighted by molar-refractivity contribution is 5.14. The predicted molar refractivity (Wildman–Crippen MR) is 73.7 cm³/mol. The summed E-state index contributed by atoms with van der Waals surface area (Å²) in [5.74, 6) is 7.32. The molecule has 1 aliphatic rings. The molecule has 102 valence electrons. The molecule has 3 N–H and O–H groups in total. The van der Waals surface area contributed by atoms with Crippen molar-refractivity contribution >= 4 is 0 Å². The van der Waals surface area contributed by atoms with Gasteiger partial charge in [-0.25, -0.2) is 0 Å². The van der Waals surface area contributed by atoms with Crippen LogP contribution >= 0.6 is 0 Å². The van der Waals surface area contributed by atoms with E-state index in [4.69, 9.17) is 5.84 Å². The SMILES string of the molecule is CCC1CCCC(C(NN)c2cc(C)nn2C)C1. The zero-order valence-electron chi connectivity index (χ0n) is 11.8. The summed E-state index contributed by atoms with van der Waals surface area (Å²) in [4.78, 5) is 0. The Labute approximate surface area is 110 Å². The molecule has 18 heavy (non-hydrogen) atoms. The van der Waals surface area contributed by atoms with Crippen molar-refractivity contribution < 1.29 is 0 Å². The number of nitrogens with two attached hydrogens (primary N) is 1. The number of rotatable bonds is 4. The molecule has 1 heterocycles. The molecule has 3 atom stereocenters. The van der Waals surface area contributed by atoms with Crippen LogP contribution in [0.15, 0.2) is 6.07 Å². The Morgan fingerprint density at radius 1 is 1.56 bits per heavy atom. The summed E-state index contributed by atoms with van der Waals surface area (Å²) in [7, 11) is 2.01. The lowest BCUT2D eigenvalue weighted by atomic mass is 9.76. The smallest absolute Gasteiger partial charge is 0.0657 e. The first kappa shape index (κ1) is 13.6. The fourth-order valence-corrected chi connectivity index (χ4v) is 3.39. The first-order chi connectivity index (χ1) is 8.65. The summed E-state index contributed by atoms with van der Waals surface area (Å²) < 4.78 is 1.97. The van der Waals surface area contributed by atoms with Gasteiger partial charge in [-0.3, -0.25) is 16.0 Å². The van der Waals surface area contributed by atoms with Gasteiger partial charge in [0, 0.05) is 7.05 Å². The van der Waals surface area contributed by atoms with Crippen molar-refractivity contribution in [3.8, 4) is 0 Å². The highest BCUT2D eigenvalue weighted by atomic mass is 15.3. The molecule has 4 nitrogen and oxygen atoms in total. The number of hydrogen-bond donors (Lipinski definition) is 2. The van der Waals surface area contributed by atoms with Crippen molar-refractivity contribution in [3.63, 3.8) is 0 Å². The summed E-state index contributed by atoms with van der Waals surface area (Å²) in [6.07, 6.45) is 6.57. The van der Waals surface area contributed by atoms with E-state index in [2.05, 4.69) is 23.5 Å². The van der Waals surface area contributed by atoms with Crippen LogP contribution in [0.2, 0.25) is 0 Å². The Hall–Kier alpha value is -0.870. The highest BCUT2D eigenvalue weighted by Crippen LogP contribution is 2.38. The van der Waals surface area contributed by atoms with Crippen molar-refractivity contribution in [2.24, 2.45) is 24.7 Å². The van der Waals surface area contributed by atoms with Gasteiger partial charge in [0.1, 0.15) is 0 Å². The van der Waals surface area contributed by atoms with Gasteiger partial charge in [0.05, 0.1) is 17.4 Å². The molecule has 0 radical (unpaired) electrons. The molecule has 0 bridgehead atoms. The lowest BCUT2D eigenvalue weighted by molar-refractivity contribution is 0.205. The van der Waals surface area contributed by atoms with Gasteiger partial charge < -0.3 is 0 Å². The number of nitrogens with zero attached hydrogens (tertiary/aromatic N) is 2. The van der Waals surface area contributed by atoms with Crippen LogP contribution in [0.4, 0.5) is 0 Å². The largest absolute Gasteiger partial charge is 0.271 e. The van der Waals surface area contributed by atoms with E-state index in [9.17, 15) is 0 Å². The Bertz CT molecular complexity index is 385. The van der Waals surface area contributed by atoms with Gasteiger partial charge in [0.2, 0.25) is 0 Å². The molecule has 4 heteroatoms. The van der Waals surface area contributed by atoms with Crippen molar-refractivity contribution in [2.75, 3.05) is 0 Å². The summed E-state index contributed by atoms with van der Waals surface area (Å²) in [6.45, 7) is 4.33. The second kappa shape index (κ2) is 5.85. The molecule has 3 unspecified atom stereocenters. The standard InChI is InChI=1S/C14H26N4/c1-4-11-6-5-7-12(9-11)14(16-15)13-8-10(2)17-18(13)3/h8,11-12,14,16H,4-7,9,15H2,1-3H3. The van der Waals surface area contributed by atoms with Crippen LogP contribution in [0.5, 0.6) is 0 Å². The lowest BCUT2D eigenvalue weighted by Gasteiger charge is -2.34. The highest BCUT2D eigenvalue weighted by Gasteiger charge is 2.29. The number of hydrazine groups is 1. The average Bonchev–Trinajstić information content (AvgIpc) is 2.70. The van der Waals surface area contributed by atoms with Crippen LogP contribution in [0.25, 0.3) is 0 Å². The third-order valence-electron chi connectivity index (χ3n) is 4.41.